The maximum Gasteiger partial charge on any atom is 0.257 e. The fourth-order valence-corrected chi connectivity index (χ4v) is 5.50. The van der Waals surface area contributed by atoms with Crippen LogP contribution in [0, 0.1) is 5.41 Å². The molecule has 6 heteroatoms. The summed E-state index contributed by atoms with van der Waals surface area (Å²) in [6.07, 6.45) is 5.02. The zero-order chi connectivity index (χ0) is 28.7. The zero-order valence-electron chi connectivity index (χ0n) is 24.2. The van der Waals surface area contributed by atoms with E-state index in [9.17, 15) is 14.4 Å². The van der Waals surface area contributed by atoms with E-state index < -0.39 is 0 Å². The van der Waals surface area contributed by atoms with Crippen LogP contribution in [0.2, 0.25) is 0 Å². The Morgan fingerprint density at radius 2 is 1.50 bits per heavy atom. The fraction of sp³-hybridized carbons (Fsp3) is 0.382. The predicted molar refractivity (Wildman–Crippen MR) is 162 cm³/mol. The third kappa shape index (κ3) is 6.61. The molecule has 0 saturated heterocycles. The van der Waals surface area contributed by atoms with Gasteiger partial charge in [0.05, 0.1) is 29.0 Å². The highest BCUT2D eigenvalue weighted by Crippen LogP contribution is 2.38. The smallest absolute Gasteiger partial charge is 0.257 e. The van der Waals surface area contributed by atoms with Crippen molar-refractivity contribution in [2.45, 2.75) is 66.2 Å². The molecular weight excluding hydrogens is 498 g/mol. The van der Waals surface area contributed by atoms with Crippen LogP contribution in [0.25, 0.3) is 0 Å². The summed E-state index contributed by atoms with van der Waals surface area (Å²) in [5, 5.41) is 2.93. The Balaban J connectivity index is 1.37. The van der Waals surface area contributed by atoms with Gasteiger partial charge in [-0.1, -0.05) is 75.7 Å². The molecule has 210 valence electrons. The lowest BCUT2D eigenvalue weighted by Gasteiger charge is -2.31. The van der Waals surface area contributed by atoms with Gasteiger partial charge in [0, 0.05) is 18.5 Å². The van der Waals surface area contributed by atoms with Crippen LogP contribution in [0.15, 0.2) is 72.8 Å². The summed E-state index contributed by atoms with van der Waals surface area (Å²) < 4.78 is 0. The normalized spacial score (nSPS) is 12.7. The lowest BCUT2D eigenvalue weighted by atomic mass is 9.86. The third-order valence-corrected chi connectivity index (χ3v) is 7.68. The number of nitrogens with one attached hydrogen (secondary N) is 1. The molecule has 0 aliphatic carbocycles. The minimum atomic E-state index is -0.304. The Kier molecular flexibility index (Phi) is 9.41. The molecule has 40 heavy (non-hydrogen) atoms. The summed E-state index contributed by atoms with van der Waals surface area (Å²) >= 11 is 0. The summed E-state index contributed by atoms with van der Waals surface area (Å²) in [6.45, 7) is 9.80. The maximum atomic E-state index is 13.7. The van der Waals surface area contributed by atoms with Crippen LogP contribution in [-0.4, -0.2) is 35.7 Å². The molecule has 0 spiro atoms. The number of benzene rings is 3. The molecule has 0 unspecified atom stereocenters. The van der Waals surface area contributed by atoms with E-state index in [-0.39, 0.29) is 29.6 Å². The quantitative estimate of drug-likeness (QED) is 0.263. The van der Waals surface area contributed by atoms with Crippen molar-refractivity contribution in [1.82, 2.24) is 4.90 Å². The molecule has 1 aliphatic heterocycles. The number of unbranched alkanes of at least 4 members (excludes halogenated alkanes) is 1. The second kappa shape index (κ2) is 12.9. The number of fused-ring (bicyclic) bond motifs is 2. The molecule has 1 aliphatic rings. The number of carbonyl (C=O) groups excluding carboxylic acids is 3. The Morgan fingerprint density at radius 1 is 0.850 bits per heavy atom. The van der Waals surface area contributed by atoms with Gasteiger partial charge in [0.2, 0.25) is 11.8 Å². The average molecular weight is 540 g/mol. The molecule has 1 N–H and O–H groups in total. The number of hydrogen-bond acceptors (Lipinski definition) is 3. The Hall–Kier alpha value is -3.93. The molecule has 1 heterocycles. The molecule has 0 fully saturated rings. The van der Waals surface area contributed by atoms with E-state index in [1.54, 1.807) is 17.0 Å². The molecule has 6 nitrogen and oxygen atoms in total. The molecule has 0 atom stereocenters. The van der Waals surface area contributed by atoms with Crippen LogP contribution < -0.4 is 10.2 Å². The number of para-hydroxylation sites is 3. The molecule has 3 amide bonds. The highest BCUT2D eigenvalue weighted by atomic mass is 16.2. The molecule has 3 aromatic rings. The largest absolute Gasteiger partial charge is 0.343 e. The molecule has 3 aromatic carbocycles. The first-order valence-electron chi connectivity index (χ1n) is 14.4. The topological polar surface area (TPSA) is 69.7 Å². The van der Waals surface area contributed by atoms with Gasteiger partial charge in [0.25, 0.3) is 5.91 Å². The van der Waals surface area contributed by atoms with E-state index >= 15 is 0 Å². The average Bonchev–Trinajstić information content (AvgIpc) is 3.07. The van der Waals surface area contributed by atoms with Crippen molar-refractivity contribution in [1.29, 1.82) is 0 Å². The monoisotopic (exact) mass is 539 g/mol. The van der Waals surface area contributed by atoms with Crippen molar-refractivity contribution in [2.24, 2.45) is 5.41 Å². The third-order valence-electron chi connectivity index (χ3n) is 7.68. The van der Waals surface area contributed by atoms with Gasteiger partial charge >= 0.3 is 0 Å². The van der Waals surface area contributed by atoms with Gasteiger partial charge in [0.1, 0.15) is 0 Å². The van der Waals surface area contributed by atoms with Crippen molar-refractivity contribution in [3.63, 3.8) is 0 Å². The van der Waals surface area contributed by atoms with Gasteiger partial charge in [-0.05, 0) is 68.0 Å². The lowest BCUT2D eigenvalue weighted by molar-refractivity contribution is -0.140. The number of anilines is 3. The predicted octanol–water partition coefficient (Wildman–Crippen LogP) is 7.16. The summed E-state index contributed by atoms with van der Waals surface area (Å²) in [5.74, 6) is -0.0704. The van der Waals surface area contributed by atoms with Crippen LogP contribution in [0.4, 0.5) is 17.1 Å². The van der Waals surface area contributed by atoms with Crippen molar-refractivity contribution in [2.75, 3.05) is 23.3 Å². The van der Waals surface area contributed by atoms with Crippen molar-refractivity contribution < 1.29 is 14.4 Å². The van der Waals surface area contributed by atoms with Crippen molar-refractivity contribution in [3.05, 3.63) is 89.5 Å². The Morgan fingerprint density at radius 3 is 2.20 bits per heavy atom. The second-order valence-corrected chi connectivity index (χ2v) is 11.2. The van der Waals surface area contributed by atoms with Crippen LogP contribution in [0.1, 0.15) is 74.9 Å². The van der Waals surface area contributed by atoms with Gasteiger partial charge in [-0.2, -0.15) is 0 Å². The molecule has 4 rings (SSSR count). The van der Waals surface area contributed by atoms with Gasteiger partial charge < -0.3 is 10.2 Å². The first-order valence-corrected chi connectivity index (χ1v) is 14.4. The van der Waals surface area contributed by atoms with Crippen LogP contribution in [0.3, 0.4) is 0 Å². The van der Waals surface area contributed by atoms with E-state index in [2.05, 4.69) is 45.1 Å². The number of amides is 3. The number of hydrogen-bond donors (Lipinski definition) is 1. The highest BCUT2D eigenvalue weighted by molar-refractivity contribution is 6.17. The molecule has 0 bridgehead atoms. The van der Waals surface area contributed by atoms with E-state index in [1.165, 1.54) is 5.56 Å². The fourth-order valence-electron chi connectivity index (χ4n) is 5.50. The Bertz CT molecular complexity index is 1350. The standard InChI is InChI=1S/C34H41N3O3/c1-5-22-34(3,4)33(40)36(6-2)23-12-11-13-25-18-20-26(21-19-25)24-31(38)37-29-16-9-7-14-27(29)32(39)35-28-15-8-10-17-30(28)37/h7-10,14-21H,5-6,11-13,22-24H2,1-4H3,(H,35,39). The Labute approximate surface area is 238 Å². The van der Waals surface area contributed by atoms with Gasteiger partial charge in [-0.3, -0.25) is 19.3 Å². The molecule has 0 saturated carbocycles. The van der Waals surface area contributed by atoms with Crippen LogP contribution >= 0.6 is 0 Å². The summed E-state index contributed by atoms with van der Waals surface area (Å²) in [5.41, 5.74) is 4.18. The van der Waals surface area contributed by atoms with Gasteiger partial charge in [0.15, 0.2) is 0 Å². The number of nitrogens with zero attached hydrogens (tertiary/aromatic N) is 2. The lowest BCUT2D eigenvalue weighted by Crippen LogP contribution is -2.41. The van der Waals surface area contributed by atoms with Crippen LogP contribution in [0.5, 0.6) is 0 Å². The molecular formula is C34H41N3O3. The van der Waals surface area contributed by atoms with E-state index in [1.807, 2.05) is 53.4 Å². The van der Waals surface area contributed by atoms with Crippen molar-refractivity contribution in [3.8, 4) is 0 Å². The zero-order valence-corrected chi connectivity index (χ0v) is 24.2. The molecule has 0 aromatic heterocycles. The first kappa shape index (κ1) is 29.1. The molecule has 0 radical (unpaired) electrons. The van der Waals surface area contributed by atoms with E-state index in [4.69, 9.17) is 0 Å². The first-order chi connectivity index (χ1) is 19.2. The van der Waals surface area contributed by atoms with E-state index in [0.717, 1.165) is 50.8 Å². The van der Waals surface area contributed by atoms with Crippen molar-refractivity contribution >= 4 is 34.8 Å². The summed E-state index contributed by atoms with van der Waals surface area (Å²) in [7, 11) is 0. The minimum absolute atomic E-state index is 0.0977. The second-order valence-electron chi connectivity index (χ2n) is 11.2. The summed E-state index contributed by atoms with van der Waals surface area (Å²) in [4.78, 5) is 43.1. The maximum absolute atomic E-state index is 13.7. The van der Waals surface area contributed by atoms with Crippen LogP contribution in [-0.2, 0) is 22.4 Å². The number of aryl methyl sites for hydroxylation is 1. The van der Waals surface area contributed by atoms with Gasteiger partial charge in [-0.15, -0.1) is 0 Å². The number of carbonyl (C=O) groups is 3. The summed E-state index contributed by atoms with van der Waals surface area (Å²) in [6, 6.07) is 22.8. The number of rotatable bonds is 11. The van der Waals surface area contributed by atoms with E-state index in [0.29, 0.717) is 22.6 Å². The highest BCUT2D eigenvalue weighted by Gasteiger charge is 2.30. The minimum Gasteiger partial charge on any atom is -0.343 e. The SMILES string of the molecule is CCCC(C)(C)C(=O)N(CC)CCCCc1ccc(CC(=O)N2c3ccccc3NC(=O)c3ccccc32)cc1. The van der Waals surface area contributed by atoms with Gasteiger partial charge in [-0.25, -0.2) is 0 Å².